The highest BCUT2D eigenvalue weighted by molar-refractivity contribution is 7.96. The van der Waals surface area contributed by atoms with Crippen LogP contribution in [0.2, 0.25) is 0 Å². The number of para-hydroxylation sites is 1. The van der Waals surface area contributed by atoms with Gasteiger partial charge in [0.15, 0.2) is 0 Å². The van der Waals surface area contributed by atoms with E-state index >= 15 is 0 Å². The molecule has 0 saturated carbocycles. The molecular formula is C28H38N4O2S. The molecule has 1 aliphatic rings. The quantitative estimate of drug-likeness (QED) is 0.401. The van der Waals surface area contributed by atoms with Crippen molar-refractivity contribution < 1.29 is 4.79 Å². The van der Waals surface area contributed by atoms with Crippen LogP contribution in [0.15, 0.2) is 35.1 Å². The van der Waals surface area contributed by atoms with Crippen molar-refractivity contribution in [2.75, 3.05) is 18.8 Å². The van der Waals surface area contributed by atoms with Gasteiger partial charge >= 0.3 is 0 Å². The van der Waals surface area contributed by atoms with Gasteiger partial charge in [-0.2, -0.15) is 0 Å². The molecule has 1 aliphatic heterocycles. The monoisotopic (exact) mass is 494 g/mol. The molecule has 6 nitrogen and oxygen atoms in total. The summed E-state index contributed by atoms with van der Waals surface area (Å²) in [6.45, 7) is 11.7. The molecule has 0 atom stereocenters. The smallest absolute Gasteiger partial charge is 0.254 e. The zero-order valence-electron chi connectivity index (χ0n) is 21.4. The van der Waals surface area contributed by atoms with Crippen LogP contribution in [0.5, 0.6) is 0 Å². The number of pyridine rings is 1. The summed E-state index contributed by atoms with van der Waals surface area (Å²) >= 11 is 1.93. The molecule has 1 fully saturated rings. The van der Waals surface area contributed by atoms with Gasteiger partial charge in [-0.3, -0.25) is 13.9 Å². The highest BCUT2D eigenvalue weighted by Crippen LogP contribution is 2.30. The van der Waals surface area contributed by atoms with Crippen LogP contribution < -0.4 is 10.9 Å². The van der Waals surface area contributed by atoms with Crippen molar-refractivity contribution in [2.24, 2.45) is 5.92 Å². The van der Waals surface area contributed by atoms with Crippen molar-refractivity contribution in [3.63, 3.8) is 0 Å². The number of nitrogens with zero attached hydrogens (tertiary/aromatic N) is 2. The minimum absolute atomic E-state index is 0.111. The summed E-state index contributed by atoms with van der Waals surface area (Å²) in [6, 6.07) is 10.2. The molecule has 1 aromatic carbocycles. The van der Waals surface area contributed by atoms with Gasteiger partial charge in [-0.25, -0.2) is 0 Å². The highest BCUT2D eigenvalue weighted by Gasteiger charge is 2.24. The number of piperidine rings is 1. The van der Waals surface area contributed by atoms with Crippen LogP contribution in [0.1, 0.15) is 66.0 Å². The second-order valence-electron chi connectivity index (χ2n) is 9.60. The molecule has 1 saturated heterocycles. The third-order valence-corrected chi connectivity index (χ3v) is 8.08. The number of hydrogen-bond donors (Lipinski definition) is 2. The molecule has 0 radical (unpaired) electrons. The predicted octanol–water partition coefficient (Wildman–Crippen LogP) is 5.21. The van der Waals surface area contributed by atoms with E-state index in [0.29, 0.717) is 11.5 Å². The maximum atomic E-state index is 13.5. The van der Waals surface area contributed by atoms with E-state index in [1.165, 1.54) is 12.8 Å². The normalized spacial score (nSPS) is 15.1. The maximum Gasteiger partial charge on any atom is 0.254 e. The van der Waals surface area contributed by atoms with Gasteiger partial charge in [0.2, 0.25) is 0 Å². The minimum atomic E-state index is -0.117. The zero-order valence-corrected chi connectivity index (χ0v) is 22.3. The van der Waals surface area contributed by atoms with Crippen LogP contribution in [0.4, 0.5) is 0 Å². The third-order valence-electron chi connectivity index (χ3n) is 7.09. The van der Waals surface area contributed by atoms with Gasteiger partial charge in [-0.1, -0.05) is 50.4 Å². The lowest BCUT2D eigenvalue weighted by Gasteiger charge is -2.31. The van der Waals surface area contributed by atoms with Crippen LogP contribution in [0, 0.1) is 19.8 Å². The summed E-state index contributed by atoms with van der Waals surface area (Å²) in [5, 5.41) is 4.04. The molecule has 0 unspecified atom stereocenters. The number of fused-ring (bicyclic) bond motifs is 1. The number of aryl methyl sites for hydroxylation is 2. The first kappa shape index (κ1) is 25.6. The van der Waals surface area contributed by atoms with Gasteiger partial charge in [-0.15, -0.1) is 0 Å². The van der Waals surface area contributed by atoms with E-state index in [0.717, 1.165) is 71.6 Å². The van der Waals surface area contributed by atoms with Crippen LogP contribution in [0.3, 0.4) is 0 Å². The topological polar surface area (TPSA) is 70.1 Å². The zero-order chi connectivity index (χ0) is 24.9. The first-order valence-electron chi connectivity index (χ1n) is 12.9. The fraction of sp³-hybridized carbons (Fsp3) is 0.500. The molecular weight excluding hydrogens is 456 g/mol. The van der Waals surface area contributed by atoms with Crippen molar-refractivity contribution in [1.29, 1.82) is 0 Å². The molecule has 4 rings (SSSR count). The average Bonchev–Trinajstić information content (AvgIpc) is 3.11. The SMILES string of the molecule is CCCc1cc(C)[nH]c(=O)c1CNC(=O)c1c(C)n(CC2CCN(SCC)CC2)c2ccccc12. The lowest BCUT2D eigenvalue weighted by molar-refractivity contribution is 0.0951. The number of amides is 1. The highest BCUT2D eigenvalue weighted by atomic mass is 32.2. The maximum absolute atomic E-state index is 13.5. The molecule has 3 heterocycles. The number of hydrogen-bond acceptors (Lipinski definition) is 4. The van der Waals surface area contributed by atoms with E-state index in [2.05, 4.69) is 46.0 Å². The molecule has 2 N–H and O–H groups in total. The van der Waals surface area contributed by atoms with E-state index in [4.69, 9.17) is 0 Å². The number of nitrogens with one attached hydrogen (secondary N) is 2. The Morgan fingerprint density at radius 2 is 1.91 bits per heavy atom. The van der Waals surface area contributed by atoms with Crippen LogP contribution in [-0.2, 0) is 19.5 Å². The fourth-order valence-corrected chi connectivity index (χ4v) is 6.18. The number of carbonyl (C=O) groups is 1. The molecule has 0 spiro atoms. The van der Waals surface area contributed by atoms with E-state index in [1.807, 2.05) is 43.1 Å². The van der Waals surface area contributed by atoms with Crippen LogP contribution >= 0.6 is 11.9 Å². The van der Waals surface area contributed by atoms with Gasteiger partial charge < -0.3 is 14.9 Å². The molecule has 7 heteroatoms. The van der Waals surface area contributed by atoms with E-state index < -0.39 is 0 Å². The van der Waals surface area contributed by atoms with Gasteiger partial charge in [0.1, 0.15) is 0 Å². The number of H-pyrrole nitrogens is 1. The lowest BCUT2D eigenvalue weighted by atomic mass is 9.98. The number of carbonyl (C=O) groups excluding carboxylic acids is 1. The largest absolute Gasteiger partial charge is 0.348 e. The fourth-order valence-electron chi connectivity index (χ4n) is 5.34. The molecule has 2 aromatic heterocycles. The van der Waals surface area contributed by atoms with Crippen molar-refractivity contribution in [2.45, 2.75) is 66.5 Å². The second-order valence-corrected chi connectivity index (χ2v) is 10.9. The van der Waals surface area contributed by atoms with Crippen molar-refractivity contribution in [3.05, 3.63) is 68.8 Å². The van der Waals surface area contributed by atoms with Gasteiger partial charge in [0.05, 0.1) is 5.56 Å². The summed E-state index contributed by atoms with van der Waals surface area (Å²) in [7, 11) is 0. The van der Waals surface area contributed by atoms with E-state index in [1.54, 1.807) is 0 Å². The van der Waals surface area contributed by atoms with Gasteiger partial charge in [0, 0.05) is 59.8 Å². The Labute approximate surface area is 212 Å². The molecule has 0 aliphatic carbocycles. The number of benzene rings is 1. The Balaban J connectivity index is 1.56. The standard InChI is InChI=1S/C28H38N4O2S/c1-5-9-22-16-19(3)30-27(33)24(22)17-29-28(34)26-20(4)32(25-11-8-7-10-23(25)26)18-21-12-14-31(15-13-21)35-6-2/h7-8,10-11,16,21H,5-6,9,12-15,17-18H2,1-4H3,(H,29,34)(H,30,33). The molecule has 35 heavy (non-hydrogen) atoms. The number of rotatable bonds is 9. The summed E-state index contributed by atoms with van der Waals surface area (Å²) in [5.41, 5.74) is 5.25. The molecule has 0 bridgehead atoms. The van der Waals surface area contributed by atoms with Crippen molar-refractivity contribution in [3.8, 4) is 0 Å². The van der Waals surface area contributed by atoms with E-state index in [-0.39, 0.29) is 18.0 Å². The Hall–Kier alpha value is -2.51. The third kappa shape index (κ3) is 5.67. The average molecular weight is 495 g/mol. The minimum Gasteiger partial charge on any atom is -0.348 e. The van der Waals surface area contributed by atoms with Crippen molar-refractivity contribution in [1.82, 2.24) is 19.2 Å². The summed E-state index contributed by atoms with van der Waals surface area (Å²) in [6.07, 6.45) is 4.13. The van der Waals surface area contributed by atoms with Crippen LogP contribution in [-0.4, -0.2) is 38.6 Å². The Morgan fingerprint density at radius 3 is 2.63 bits per heavy atom. The Kier molecular flexibility index (Phi) is 8.39. The summed E-state index contributed by atoms with van der Waals surface area (Å²) in [4.78, 5) is 29.0. The number of aromatic nitrogens is 2. The molecule has 188 valence electrons. The Bertz CT molecular complexity index is 1240. The van der Waals surface area contributed by atoms with Gasteiger partial charge in [-0.05, 0) is 56.7 Å². The first-order chi connectivity index (χ1) is 16.9. The van der Waals surface area contributed by atoms with E-state index in [9.17, 15) is 9.59 Å². The van der Waals surface area contributed by atoms with Crippen LogP contribution in [0.25, 0.3) is 10.9 Å². The Morgan fingerprint density at radius 1 is 1.17 bits per heavy atom. The predicted molar refractivity (Wildman–Crippen MR) is 146 cm³/mol. The second kappa shape index (κ2) is 11.5. The summed E-state index contributed by atoms with van der Waals surface area (Å²) < 4.78 is 4.81. The summed E-state index contributed by atoms with van der Waals surface area (Å²) in [5.74, 6) is 1.62. The first-order valence-corrected chi connectivity index (χ1v) is 13.8. The number of aromatic amines is 1. The van der Waals surface area contributed by atoms with Crippen molar-refractivity contribution >= 4 is 28.8 Å². The molecule has 1 amide bonds. The molecule has 3 aromatic rings. The van der Waals surface area contributed by atoms with Gasteiger partial charge in [0.25, 0.3) is 11.5 Å². The lowest BCUT2D eigenvalue weighted by Crippen LogP contribution is -2.31.